The number of hydrogen-bond acceptors (Lipinski definition) is 5. The van der Waals surface area contributed by atoms with Crippen molar-refractivity contribution in [2.24, 2.45) is 5.73 Å². The van der Waals surface area contributed by atoms with Gasteiger partial charge in [-0.05, 0) is 42.7 Å². The first-order chi connectivity index (χ1) is 12.3. The minimum absolute atomic E-state index is 0.307. The molecule has 1 aliphatic rings. The molecule has 3 N–H and O–H groups in total. The molecule has 0 amide bonds. The summed E-state index contributed by atoms with van der Waals surface area (Å²) in [6.45, 7) is 0. The average Bonchev–Trinajstić information content (AvgIpc) is 3.03. The summed E-state index contributed by atoms with van der Waals surface area (Å²) in [6, 6.07) is 13.1. The maximum atomic E-state index is 5.83. The highest BCUT2D eigenvalue weighted by Gasteiger charge is 2.26. The van der Waals surface area contributed by atoms with E-state index in [9.17, 15) is 0 Å². The van der Waals surface area contributed by atoms with Crippen LogP contribution in [-0.2, 0) is 0 Å². The fourth-order valence-electron chi connectivity index (χ4n) is 3.42. The van der Waals surface area contributed by atoms with Crippen LogP contribution in [0.3, 0.4) is 0 Å². The molecule has 6 heteroatoms. The largest absolute Gasteiger partial charge is 0.350 e. The van der Waals surface area contributed by atoms with E-state index in [0.717, 1.165) is 40.4 Å². The molecule has 0 saturated heterocycles. The van der Waals surface area contributed by atoms with Crippen molar-refractivity contribution in [2.75, 3.05) is 5.32 Å². The van der Waals surface area contributed by atoms with E-state index in [4.69, 9.17) is 5.73 Å². The predicted octanol–water partition coefficient (Wildman–Crippen LogP) is 2.85. The summed E-state index contributed by atoms with van der Waals surface area (Å²) in [5, 5.41) is 9.04. The summed E-state index contributed by atoms with van der Waals surface area (Å²) in [4.78, 5) is 8.86. The van der Waals surface area contributed by atoms with Gasteiger partial charge in [-0.15, -0.1) is 5.10 Å². The smallest absolute Gasteiger partial charge is 0.241 e. The minimum atomic E-state index is 0.307. The molecule has 1 aromatic carbocycles. The van der Waals surface area contributed by atoms with Crippen molar-refractivity contribution in [1.29, 1.82) is 0 Å². The van der Waals surface area contributed by atoms with Gasteiger partial charge in [0.15, 0.2) is 0 Å². The maximum absolute atomic E-state index is 5.83. The number of rotatable bonds is 3. The van der Waals surface area contributed by atoms with Crippen LogP contribution in [0.5, 0.6) is 0 Å². The molecule has 124 valence electrons. The highest BCUT2D eigenvalue weighted by atomic mass is 15.3. The van der Waals surface area contributed by atoms with Gasteiger partial charge in [0.2, 0.25) is 5.95 Å². The van der Waals surface area contributed by atoms with Crippen molar-refractivity contribution in [3.8, 4) is 11.1 Å². The van der Waals surface area contributed by atoms with E-state index in [0.29, 0.717) is 18.0 Å². The Morgan fingerprint density at radius 3 is 2.92 bits per heavy atom. The number of aromatic nitrogens is 4. The molecule has 6 nitrogen and oxygen atoms in total. The molecular weight excluding hydrogens is 312 g/mol. The number of fused-ring (bicyclic) bond motifs is 2. The third-order valence-electron chi connectivity index (χ3n) is 4.84. The Hall–Kier alpha value is -2.99. The van der Waals surface area contributed by atoms with E-state index >= 15 is 0 Å². The predicted molar refractivity (Wildman–Crippen MR) is 98.3 cm³/mol. The van der Waals surface area contributed by atoms with E-state index in [-0.39, 0.29) is 0 Å². The van der Waals surface area contributed by atoms with Gasteiger partial charge in [0.1, 0.15) is 0 Å². The van der Waals surface area contributed by atoms with Gasteiger partial charge in [0, 0.05) is 35.4 Å². The van der Waals surface area contributed by atoms with E-state index < -0.39 is 0 Å². The Bertz CT molecular complexity index is 1060. The second-order valence-electron chi connectivity index (χ2n) is 6.62. The van der Waals surface area contributed by atoms with Gasteiger partial charge in [-0.25, -0.2) is 9.50 Å². The van der Waals surface area contributed by atoms with Crippen molar-refractivity contribution in [2.45, 2.75) is 24.9 Å². The molecular formula is C19H18N6. The first kappa shape index (κ1) is 14.4. The summed E-state index contributed by atoms with van der Waals surface area (Å²) in [5.41, 5.74) is 10.1. The molecule has 0 unspecified atom stereocenters. The van der Waals surface area contributed by atoms with Gasteiger partial charge < -0.3 is 11.1 Å². The van der Waals surface area contributed by atoms with Gasteiger partial charge in [-0.3, -0.25) is 4.98 Å². The zero-order valence-electron chi connectivity index (χ0n) is 13.6. The van der Waals surface area contributed by atoms with Crippen molar-refractivity contribution in [3.63, 3.8) is 0 Å². The number of anilines is 1. The number of nitrogens with two attached hydrogens (primary N) is 1. The molecule has 0 aliphatic heterocycles. The molecule has 3 heterocycles. The number of nitrogens with zero attached hydrogens (tertiary/aromatic N) is 4. The van der Waals surface area contributed by atoms with Crippen LogP contribution >= 0.6 is 0 Å². The molecule has 0 spiro atoms. The van der Waals surface area contributed by atoms with E-state index in [2.05, 4.69) is 44.6 Å². The van der Waals surface area contributed by atoms with Crippen LogP contribution in [0.15, 0.2) is 55.0 Å². The van der Waals surface area contributed by atoms with Gasteiger partial charge in [-0.1, -0.05) is 12.1 Å². The third-order valence-corrected chi connectivity index (χ3v) is 4.84. The van der Waals surface area contributed by atoms with Gasteiger partial charge in [-0.2, -0.15) is 0 Å². The van der Waals surface area contributed by atoms with Crippen LogP contribution in [0.4, 0.5) is 5.95 Å². The van der Waals surface area contributed by atoms with Gasteiger partial charge >= 0.3 is 0 Å². The molecule has 0 bridgehead atoms. The quantitative estimate of drug-likeness (QED) is 0.604. The lowest BCUT2D eigenvalue weighted by atomic mass is 9.88. The summed E-state index contributed by atoms with van der Waals surface area (Å²) in [5.74, 6) is 0.647. The zero-order valence-corrected chi connectivity index (χ0v) is 13.6. The third kappa shape index (κ3) is 2.51. The Labute approximate surface area is 144 Å². The van der Waals surface area contributed by atoms with Crippen LogP contribution in [0, 0.1) is 0 Å². The summed E-state index contributed by atoms with van der Waals surface area (Å²) in [7, 11) is 0. The normalized spacial score (nSPS) is 19.9. The standard InChI is InChI=1S/C19H18N6/c20-14-9-15(10-14)23-19-22-11-18-16(5-7-25(18)24-19)12-3-4-17-13(8-12)2-1-6-21-17/h1-8,11,14-15H,9-10,20H2,(H,23,24). The lowest BCUT2D eigenvalue weighted by Gasteiger charge is -2.32. The SMILES string of the molecule is NC1CC(Nc2ncc3c(-c4ccc5ncccc5c4)ccn3n2)C1. The lowest BCUT2D eigenvalue weighted by Crippen LogP contribution is -2.44. The fourth-order valence-corrected chi connectivity index (χ4v) is 3.42. The zero-order chi connectivity index (χ0) is 16.8. The summed E-state index contributed by atoms with van der Waals surface area (Å²) < 4.78 is 1.87. The lowest BCUT2D eigenvalue weighted by molar-refractivity contribution is 0.371. The Balaban J connectivity index is 1.50. The van der Waals surface area contributed by atoms with Crippen LogP contribution in [0.2, 0.25) is 0 Å². The highest BCUT2D eigenvalue weighted by Crippen LogP contribution is 2.28. The Morgan fingerprint density at radius 2 is 2.04 bits per heavy atom. The van der Waals surface area contributed by atoms with Crippen LogP contribution in [0.1, 0.15) is 12.8 Å². The molecule has 4 aromatic rings. The molecule has 3 aromatic heterocycles. The van der Waals surface area contributed by atoms with Crippen LogP contribution in [0.25, 0.3) is 27.5 Å². The Morgan fingerprint density at radius 1 is 1.12 bits per heavy atom. The number of hydrogen-bond donors (Lipinski definition) is 2. The molecule has 25 heavy (non-hydrogen) atoms. The second kappa shape index (κ2) is 5.53. The van der Waals surface area contributed by atoms with Crippen LogP contribution < -0.4 is 11.1 Å². The monoisotopic (exact) mass is 330 g/mol. The van der Waals surface area contributed by atoms with E-state index in [1.165, 1.54) is 0 Å². The van der Waals surface area contributed by atoms with E-state index in [1.807, 2.05) is 35.2 Å². The van der Waals surface area contributed by atoms with Crippen molar-refractivity contribution in [3.05, 3.63) is 55.0 Å². The number of pyridine rings is 1. The first-order valence-electron chi connectivity index (χ1n) is 8.48. The topological polar surface area (TPSA) is 81.1 Å². The van der Waals surface area contributed by atoms with Crippen molar-refractivity contribution < 1.29 is 0 Å². The molecule has 5 rings (SSSR count). The van der Waals surface area contributed by atoms with Gasteiger partial charge in [0.05, 0.1) is 17.2 Å². The summed E-state index contributed by atoms with van der Waals surface area (Å²) >= 11 is 0. The van der Waals surface area contributed by atoms with E-state index in [1.54, 1.807) is 0 Å². The fraction of sp³-hybridized carbons (Fsp3) is 0.211. The first-order valence-corrected chi connectivity index (χ1v) is 8.48. The molecule has 0 radical (unpaired) electrons. The molecule has 1 aliphatic carbocycles. The minimum Gasteiger partial charge on any atom is -0.350 e. The number of benzene rings is 1. The Kier molecular flexibility index (Phi) is 3.18. The number of nitrogens with one attached hydrogen (secondary N) is 1. The highest BCUT2D eigenvalue weighted by molar-refractivity contribution is 5.88. The average molecular weight is 330 g/mol. The van der Waals surface area contributed by atoms with Gasteiger partial charge in [0.25, 0.3) is 0 Å². The molecule has 1 saturated carbocycles. The van der Waals surface area contributed by atoms with Crippen LogP contribution in [-0.4, -0.2) is 31.7 Å². The van der Waals surface area contributed by atoms with Crippen molar-refractivity contribution >= 4 is 22.4 Å². The second-order valence-corrected chi connectivity index (χ2v) is 6.62. The van der Waals surface area contributed by atoms with Crippen molar-refractivity contribution in [1.82, 2.24) is 19.6 Å². The molecule has 1 fully saturated rings. The summed E-state index contributed by atoms with van der Waals surface area (Å²) in [6.07, 6.45) is 7.61. The molecule has 0 atom stereocenters. The maximum Gasteiger partial charge on any atom is 0.241 e.